The zero-order chi connectivity index (χ0) is 27.9. The molecule has 1 saturated heterocycles. The van der Waals surface area contributed by atoms with Crippen LogP contribution < -0.4 is 20.9 Å². The predicted molar refractivity (Wildman–Crippen MR) is 146 cm³/mol. The van der Waals surface area contributed by atoms with E-state index in [4.69, 9.17) is 18.5 Å². The van der Waals surface area contributed by atoms with Gasteiger partial charge in [-0.3, -0.25) is 24.1 Å². The van der Waals surface area contributed by atoms with E-state index in [0.717, 1.165) is 11.1 Å². The number of ether oxygens (including phenoxy) is 2. The van der Waals surface area contributed by atoms with Crippen molar-refractivity contribution in [1.82, 2.24) is 19.6 Å². The van der Waals surface area contributed by atoms with E-state index in [1.165, 1.54) is 16.8 Å². The highest BCUT2D eigenvalue weighted by Gasteiger charge is 2.35. The molecule has 0 radical (unpaired) electrons. The number of pyridine rings is 1. The van der Waals surface area contributed by atoms with Gasteiger partial charge >= 0.3 is 20.2 Å². The highest BCUT2D eigenvalue weighted by Crippen LogP contribution is 2.40. The third kappa shape index (κ3) is 7.83. The number of carbonyl (C=O) groups is 1. The molecule has 0 saturated carbocycles. The molecule has 1 aliphatic heterocycles. The number of H-pyrrole nitrogens is 1. The molecule has 1 fully saturated rings. The average Bonchev–Trinajstić information content (AvgIpc) is 3.27. The van der Waals surface area contributed by atoms with Crippen molar-refractivity contribution in [2.45, 2.75) is 58.6 Å². The molecule has 1 aliphatic rings. The highest BCUT2D eigenvalue weighted by molar-refractivity contribution is 7.45. The van der Waals surface area contributed by atoms with Crippen LogP contribution in [0.4, 0.5) is 0 Å². The zero-order valence-corrected chi connectivity index (χ0v) is 23.2. The first kappa shape index (κ1) is 28.6. The van der Waals surface area contributed by atoms with E-state index in [1.54, 1.807) is 33.2 Å². The van der Waals surface area contributed by atoms with Crippen molar-refractivity contribution in [3.8, 4) is 16.9 Å². The summed E-state index contributed by atoms with van der Waals surface area (Å²) in [6.07, 6.45) is 4.41. The standard InChI is InChI=1S/C27H33N4O7P/c1-17(2)36-26(33)19(4)30-39(38-22-7-5-20(6-8-22)21-9-12-28-13-10-21)35-16-23-15-18(3)25(37-23)31-14-11-24(32)29-27(31)34/h5-14,17-19,23,25,30H,15-16H2,1-4H3,(H,29,32,34)/t18?,19-,23?,25?,39?/m0/s1. The van der Waals surface area contributed by atoms with E-state index in [9.17, 15) is 14.4 Å². The summed E-state index contributed by atoms with van der Waals surface area (Å²) in [5.74, 6) is 0.151. The van der Waals surface area contributed by atoms with Gasteiger partial charge in [-0.2, -0.15) is 0 Å². The minimum atomic E-state index is -1.76. The van der Waals surface area contributed by atoms with Crippen LogP contribution in [0.3, 0.4) is 0 Å². The fourth-order valence-electron chi connectivity index (χ4n) is 4.13. The maximum atomic E-state index is 12.4. The fraction of sp³-hybridized carbons (Fsp3) is 0.407. The first-order valence-electron chi connectivity index (χ1n) is 12.7. The molecule has 5 atom stereocenters. The Kier molecular flexibility index (Phi) is 9.63. The normalized spacial score (nSPS) is 20.5. The van der Waals surface area contributed by atoms with Gasteiger partial charge in [0.05, 0.1) is 18.8 Å². The maximum Gasteiger partial charge on any atom is 0.330 e. The van der Waals surface area contributed by atoms with Crippen LogP contribution in [0.15, 0.2) is 70.6 Å². The minimum absolute atomic E-state index is 0.00276. The molecular weight excluding hydrogens is 523 g/mol. The molecule has 3 heterocycles. The van der Waals surface area contributed by atoms with Gasteiger partial charge < -0.3 is 18.5 Å². The second-order valence-electron chi connectivity index (χ2n) is 9.62. The highest BCUT2D eigenvalue weighted by atomic mass is 31.2. The smallest absolute Gasteiger partial charge is 0.330 e. The van der Waals surface area contributed by atoms with E-state index in [-0.39, 0.29) is 24.7 Å². The van der Waals surface area contributed by atoms with Crippen LogP contribution >= 0.6 is 8.53 Å². The molecule has 1 aromatic carbocycles. The molecule has 11 nitrogen and oxygen atoms in total. The van der Waals surface area contributed by atoms with Gasteiger partial charge in [0.15, 0.2) is 0 Å². The van der Waals surface area contributed by atoms with Gasteiger partial charge in [0.2, 0.25) is 0 Å². The Hall–Kier alpha value is -3.37. The molecule has 2 N–H and O–H groups in total. The van der Waals surface area contributed by atoms with Crippen LogP contribution in [0, 0.1) is 5.92 Å². The molecule has 12 heteroatoms. The Morgan fingerprint density at radius 3 is 2.49 bits per heavy atom. The molecule has 3 aromatic rings. The number of hydrogen-bond donors (Lipinski definition) is 2. The molecule has 39 heavy (non-hydrogen) atoms. The number of hydrogen-bond acceptors (Lipinski definition) is 9. The number of nitrogens with zero attached hydrogens (tertiary/aromatic N) is 2. The molecule has 0 spiro atoms. The molecular formula is C27H33N4O7P. The Balaban J connectivity index is 1.43. The molecule has 2 aromatic heterocycles. The summed E-state index contributed by atoms with van der Waals surface area (Å²) < 4.78 is 25.0. The Bertz CT molecular complexity index is 1350. The van der Waals surface area contributed by atoms with Crippen LogP contribution in [-0.4, -0.2) is 45.4 Å². The van der Waals surface area contributed by atoms with Gasteiger partial charge in [0.1, 0.15) is 18.0 Å². The van der Waals surface area contributed by atoms with Gasteiger partial charge in [-0.05, 0) is 62.6 Å². The molecule has 0 aliphatic carbocycles. The lowest BCUT2D eigenvalue weighted by atomic mass is 10.1. The first-order valence-corrected chi connectivity index (χ1v) is 13.9. The zero-order valence-electron chi connectivity index (χ0n) is 22.3. The largest absolute Gasteiger partial charge is 0.462 e. The molecule has 208 valence electrons. The van der Waals surface area contributed by atoms with Crippen LogP contribution in [0.25, 0.3) is 11.1 Å². The quantitative estimate of drug-likeness (QED) is 0.267. The number of rotatable bonds is 11. The van der Waals surface area contributed by atoms with Crippen LogP contribution in [0.2, 0.25) is 0 Å². The van der Waals surface area contributed by atoms with Gasteiger partial charge in [0, 0.05) is 30.6 Å². The van der Waals surface area contributed by atoms with Crippen molar-refractivity contribution >= 4 is 14.5 Å². The lowest BCUT2D eigenvalue weighted by Crippen LogP contribution is -2.35. The minimum Gasteiger partial charge on any atom is -0.462 e. The molecule has 0 amide bonds. The summed E-state index contributed by atoms with van der Waals surface area (Å²) >= 11 is 0. The monoisotopic (exact) mass is 556 g/mol. The van der Waals surface area contributed by atoms with Crippen LogP contribution in [0.5, 0.6) is 5.75 Å². The summed E-state index contributed by atoms with van der Waals surface area (Å²) in [5, 5.41) is 3.10. The molecule has 4 rings (SSSR count). The summed E-state index contributed by atoms with van der Waals surface area (Å²) in [6, 6.07) is 12.0. The molecule has 4 unspecified atom stereocenters. The van der Waals surface area contributed by atoms with Crippen molar-refractivity contribution in [1.29, 1.82) is 0 Å². The second kappa shape index (κ2) is 13.1. The third-order valence-corrected chi connectivity index (χ3v) is 7.38. The second-order valence-corrected chi connectivity index (χ2v) is 10.8. The van der Waals surface area contributed by atoms with Crippen molar-refractivity contribution in [3.63, 3.8) is 0 Å². The summed E-state index contributed by atoms with van der Waals surface area (Å²) in [5.41, 5.74) is 1.05. The predicted octanol–water partition coefficient (Wildman–Crippen LogP) is 3.77. The number of aromatic amines is 1. The van der Waals surface area contributed by atoms with Crippen LogP contribution in [0.1, 0.15) is 40.3 Å². The van der Waals surface area contributed by atoms with Crippen molar-refractivity contribution in [2.75, 3.05) is 6.61 Å². The topological polar surface area (TPSA) is 134 Å². The van der Waals surface area contributed by atoms with Crippen molar-refractivity contribution in [2.24, 2.45) is 5.92 Å². The average molecular weight is 557 g/mol. The molecule has 0 bridgehead atoms. The lowest BCUT2D eigenvalue weighted by molar-refractivity contribution is -0.149. The first-order chi connectivity index (χ1) is 18.7. The number of nitrogens with one attached hydrogen (secondary N) is 2. The van der Waals surface area contributed by atoms with Crippen molar-refractivity contribution in [3.05, 3.63) is 81.9 Å². The van der Waals surface area contributed by atoms with Gasteiger partial charge in [-0.1, -0.05) is 19.1 Å². The van der Waals surface area contributed by atoms with Crippen molar-refractivity contribution < 1.29 is 23.3 Å². The van der Waals surface area contributed by atoms with E-state index >= 15 is 0 Å². The SMILES string of the molecule is CC(C)OC(=O)[C@H](C)NP(OCC1CC(C)C(n2ccc(=O)[nH]c2=O)O1)Oc1ccc(-c2ccncc2)cc1. The lowest BCUT2D eigenvalue weighted by Gasteiger charge is -2.24. The Labute approximate surface area is 227 Å². The van der Waals surface area contributed by atoms with Crippen LogP contribution in [-0.2, 0) is 18.8 Å². The number of aromatic nitrogens is 3. The third-order valence-electron chi connectivity index (χ3n) is 6.02. The number of benzene rings is 1. The number of carbonyl (C=O) groups excluding carboxylic acids is 1. The van der Waals surface area contributed by atoms with E-state index in [1.807, 2.05) is 43.3 Å². The van der Waals surface area contributed by atoms with Gasteiger partial charge in [-0.25, -0.2) is 9.88 Å². The summed E-state index contributed by atoms with van der Waals surface area (Å²) in [4.78, 5) is 42.4. The Morgan fingerprint density at radius 2 is 1.82 bits per heavy atom. The van der Waals surface area contributed by atoms with Gasteiger partial charge in [-0.15, -0.1) is 0 Å². The van der Waals surface area contributed by atoms with E-state index in [2.05, 4.69) is 15.1 Å². The fourth-order valence-corrected chi connectivity index (χ4v) is 5.34. The summed E-state index contributed by atoms with van der Waals surface area (Å²) in [6.45, 7) is 7.39. The Morgan fingerprint density at radius 1 is 1.13 bits per heavy atom. The van der Waals surface area contributed by atoms with E-state index < -0.39 is 38.0 Å². The number of esters is 1. The maximum absolute atomic E-state index is 12.4. The van der Waals surface area contributed by atoms with E-state index in [0.29, 0.717) is 12.2 Å². The summed E-state index contributed by atoms with van der Waals surface area (Å²) in [7, 11) is -1.76. The van der Waals surface area contributed by atoms with Gasteiger partial charge in [0.25, 0.3) is 5.56 Å².